The lowest BCUT2D eigenvalue weighted by Crippen LogP contribution is -2.12. The van der Waals surface area contributed by atoms with Crippen molar-refractivity contribution in [2.75, 3.05) is 11.9 Å². The molecule has 3 aromatic rings. The number of aromatic nitrogens is 3. The number of benzene rings is 1. The second-order valence-electron chi connectivity index (χ2n) is 5.10. The average Bonchev–Trinajstić information content (AvgIpc) is 2.76. The van der Waals surface area contributed by atoms with Gasteiger partial charge in [0.1, 0.15) is 17.3 Å². The second kappa shape index (κ2) is 5.74. The van der Waals surface area contributed by atoms with Crippen LogP contribution in [0.25, 0.3) is 10.9 Å². The zero-order valence-corrected chi connectivity index (χ0v) is 12.9. The normalized spacial score (nSPS) is 11.0. The van der Waals surface area contributed by atoms with Gasteiger partial charge in [-0.05, 0) is 25.5 Å². The van der Waals surface area contributed by atoms with Gasteiger partial charge < -0.3 is 9.88 Å². The quantitative estimate of drug-likeness (QED) is 0.745. The second-order valence-corrected chi connectivity index (χ2v) is 5.49. The number of hydrogen-bond donors (Lipinski definition) is 1. The number of nitrogens with one attached hydrogen (secondary N) is 1. The van der Waals surface area contributed by atoms with Gasteiger partial charge in [0.15, 0.2) is 0 Å². The van der Waals surface area contributed by atoms with Crippen LogP contribution in [-0.4, -0.2) is 21.1 Å². The van der Waals surface area contributed by atoms with E-state index in [-0.39, 0.29) is 0 Å². The lowest BCUT2D eigenvalue weighted by Gasteiger charge is -2.11. The van der Waals surface area contributed by atoms with Crippen molar-refractivity contribution < 1.29 is 0 Å². The Morgan fingerprint density at radius 3 is 2.86 bits per heavy atom. The first-order valence-corrected chi connectivity index (χ1v) is 7.30. The first kappa shape index (κ1) is 13.9. The average molecular weight is 301 g/mol. The SMILES string of the molecule is Cc1cccc2cc(C)n(CCNc3cc(Cl)ncn3)c12. The summed E-state index contributed by atoms with van der Waals surface area (Å²) in [6, 6.07) is 10.4. The maximum Gasteiger partial charge on any atom is 0.134 e. The zero-order chi connectivity index (χ0) is 14.8. The summed E-state index contributed by atoms with van der Waals surface area (Å²) in [5, 5.41) is 5.02. The molecule has 2 aromatic heterocycles. The molecule has 2 heterocycles. The fourth-order valence-electron chi connectivity index (χ4n) is 2.66. The predicted molar refractivity (Wildman–Crippen MR) is 86.9 cm³/mol. The Balaban J connectivity index is 1.78. The molecule has 0 saturated carbocycles. The molecule has 5 heteroatoms. The topological polar surface area (TPSA) is 42.7 Å². The molecule has 0 radical (unpaired) electrons. The van der Waals surface area contributed by atoms with Crippen molar-refractivity contribution in [3.8, 4) is 0 Å². The lowest BCUT2D eigenvalue weighted by molar-refractivity contribution is 0.731. The first-order valence-electron chi connectivity index (χ1n) is 6.92. The molecule has 0 amide bonds. The molecular formula is C16H17ClN4. The van der Waals surface area contributed by atoms with E-state index in [1.54, 1.807) is 6.07 Å². The van der Waals surface area contributed by atoms with Crippen LogP contribution in [0.5, 0.6) is 0 Å². The third-order valence-corrected chi connectivity index (χ3v) is 3.81. The van der Waals surface area contributed by atoms with Crippen LogP contribution in [0.3, 0.4) is 0 Å². The minimum Gasteiger partial charge on any atom is -0.368 e. The molecule has 0 spiro atoms. The number of anilines is 1. The largest absolute Gasteiger partial charge is 0.368 e. The van der Waals surface area contributed by atoms with E-state index in [0.29, 0.717) is 5.15 Å². The summed E-state index contributed by atoms with van der Waals surface area (Å²) in [6.45, 7) is 5.95. The van der Waals surface area contributed by atoms with Crippen molar-refractivity contribution in [2.24, 2.45) is 0 Å². The molecule has 0 fully saturated rings. The highest BCUT2D eigenvalue weighted by Crippen LogP contribution is 2.22. The minimum absolute atomic E-state index is 0.450. The molecule has 0 aliphatic carbocycles. The van der Waals surface area contributed by atoms with Gasteiger partial charge in [-0.25, -0.2) is 9.97 Å². The number of halogens is 1. The summed E-state index contributed by atoms with van der Waals surface area (Å²) in [7, 11) is 0. The van der Waals surface area contributed by atoms with Crippen LogP contribution in [0.15, 0.2) is 36.7 Å². The van der Waals surface area contributed by atoms with Gasteiger partial charge in [0.25, 0.3) is 0 Å². The third-order valence-electron chi connectivity index (χ3n) is 3.60. The Morgan fingerprint density at radius 1 is 1.19 bits per heavy atom. The van der Waals surface area contributed by atoms with Crippen molar-refractivity contribution in [1.82, 2.24) is 14.5 Å². The summed E-state index contributed by atoms with van der Waals surface area (Å²) < 4.78 is 2.33. The smallest absolute Gasteiger partial charge is 0.134 e. The highest BCUT2D eigenvalue weighted by atomic mass is 35.5. The molecule has 4 nitrogen and oxygen atoms in total. The number of rotatable bonds is 4. The molecule has 3 rings (SSSR count). The summed E-state index contributed by atoms with van der Waals surface area (Å²) in [5.41, 5.74) is 3.87. The van der Waals surface area contributed by atoms with Crippen LogP contribution in [0, 0.1) is 13.8 Å². The van der Waals surface area contributed by atoms with Crippen LogP contribution in [0.1, 0.15) is 11.3 Å². The van der Waals surface area contributed by atoms with Gasteiger partial charge in [0, 0.05) is 30.2 Å². The highest BCUT2D eigenvalue weighted by molar-refractivity contribution is 6.29. The Hall–Kier alpha value is -2.07. The van der Waals surface area contributed by atoms with Crippen molar-refractivity contribution in [3.05, 3.63) is 53.1 Å². The highest BCUT2D eigenvalue weighted by Gasteiger charge is 2.07. The molecule has 1 N–H and O–H groups in total. The van der Waals surface area contributed by atoms with E-state index in [9.17, 15) is 0 Å². The number of aryl methyl sites for hydroxylation is 2. The Morgan fingerprint density at radius 2 is 2.05 bits per heavy atom. The van der Waals surface area contributed by atoms with Crippen LogP contribution in [0.2, 0.25) is 5.15 Å². The van der Waals surface area contributed by atoms with Crippen LogP contribution < -0.4 is 5.32 Å². The number of hydrogen-bond acceptors (Lipinski definition) is 3. The molecule has 108 valence electrons. The zero-order valence-electron chi connectivity index (χ0n) is 12.1. The molecule has 0 saturated heterocycles. The van der Waals surface area contributed by atoms with Crippen molar-refractivity contribution >= 4 is 28.3 Å². The lowest BCUT2D eigenvalue weighted by atomic mass is 10.2. The van der Waals surface area contributed by atoms with E-state index in [4.69, 9.17) is 11.6 Å². The van der Waals surface area contributed by atoms with E-state index < -0.39 is 0 Å². The minimum atomic E-state index is 0.450. The fraction of sp³-hybridized carbons (Fsp3) is 0.250. The number of nitrogens with zero attached hydrogens (tertiary/aromatic N) is 3. The first-order chi connectivity index (χ1) is 10.1. The molecule has 0 unspecified atom stereocenters. The van der Waals surface area contributed by atoms with Crippen LogP contribution >= 0.6 is 11.6 Å². The van der Waals surface area contributed by atoms with E-state index >= 15 is 0 Å². The van der Waals surface area contributed by atoms with E-state index in [1.807, 2.05) is 0 Å². The summed E-state index contributed by atoms with van der Waals surface area (Å²) in [6.07, 6.45) is 1.46. The maximum absolute atomic E-state index is 5.85. The van der Waals surface area contributed by atoms with Crippen molar-refractivity contribution in [2.45, 2.75) is 20.4 Å². The van der Waals surface area contributed by atoms with Gasteiger partial charge in [-0.15, -0.1) is 0 Å². The summed E-state index contributed by atoms with van der Waals surface area (Å²) in [4.78, 5) is 8.02. The molecule has 0 atom stereocenters. The van der Waals surface area contributed by atoms with Gasteiger partial charge in [0.05, 0.1) is 5.52 Å². The fourth-order valence-corrected chi connectivity index (χ4v) is 2.81. The van der Waals surface area contributed by atoms with E-state index in [1.165, 1.54) is 28.5 Å². The molecule has 0 bridgehead atoms. The summed E-state index contributed by atoms with van der Waals surface area (Å²) in [5.74, 6) is 0.751. The Bertz CT molecular complexity index is 779. The van der Waals surface area contributed by atoms with Gasteiger partial charge in [-0.2, -0.15) is 0 Å². The van der Waals surface area contributed by atoms with Gasteiger partial charge in [0.2, 0.25) is 0 Å². The van der Waals surface area contributed by atoms with Crippen LogP contribution in [0.4, 0.5) is 5.82 Å². The Kier molecular flexibility index (Phi) is 3.80. The number of fused-ring (bicyclic) bond motifs is 1. The standard InChI is InChI=1S/C16H17ClN4/c1-11-4-3-5-13-8-12(2)21(16(11)13)7-6-18-15-9-14(17)19-10-20-15/h3-5,8-10H,6-7H2,1-2H3,(H,18,19,20). The number of para-hydroxylation sites is 1. The summed E-state index contributed by atoms with van der Waals surface area (Å²) >= 11 is 5.85. The molecular weight excluding hydrogens is 284 g/mol. The van der Waals surface area contributed by atoms with Crippen molar-refractivity contribution in [3.63, 3.8) is 0 Å². The predicted octanol–water partition coefficient (Wildman–Crippen LogP) is 3.81. The van der Waals surface area contributed by atoms with Crippen molar-refractivity contribution in [1.29, 1.82) is 0 Å². The van der Waals surface area contributed by atoms with E-state index in [0.717, 1.165) is 18.9 Å². The van der Waals surface area contributed by atoms with Gasteiger partial charge in [-0.3, -0.25) is 0 Å². The van der Waals surface area contributed by atoms with Gasteiger partial charge >= 0.3 is 0 Å². The van der Waals surface area contributed by atoms with Crippen LogP contribution in [-0.2, 0) is 6.54 Å². The third kappa shape index (κ3) is 2.85. The maximum atomic E-state index is 5.85. The van der Waals surface area contributed by atoms with E-state index in [2.05, 4.69) is 58.0 Å². The molecule has 1 aromatic carbocycles. The monoisotopic (exact) mass is 300 g/mol. The van der Waals surface area contributed by atoms with Gasteiger partial charge in [-0.1, -0.05) is 29.8 Å². The molecule has 0 aliphatic heterocycles. The Labute approximate surface area is 128 Å². The molecule has 0 aliphatic rings. The molecule has 21 heavy (non-hydrogen) atoms.